The average Bonchev–Trinajstić information content (AvgIpc) is 3.49. The van der Waals surface area contributed by atoms with Gasteiger partial charge in [0.25, 0.3) is 5.91 Å². The van der Waals surface area contributed by atoms with Crippen molar-refractivity contribution < 1.29 is 22.7 Å². The van der Waals surface area contributed by atoms with E-state index in [9.17, 15) is 13.2 Å². The van der Waals surface area contributed by atoms with Crippen molar-refractivity contribution in [1.82, 2.24) is 14.7 Å². The smallest absolute Gasteiger partial charge is 0.274 e. The summed E-state index contributed by atoms with van der Waals surface area (Å²) < 4.78 is 37.6. The van der Waals surface area contributed by atoms with Crippen molar-refractivity contribution in [1.29, 1.82) is 0 Å². The summed E-state index contributed by atoms with van der Waals surface area (Å²) in [4.78, 5) is 15.1. The number of rotatable bonds is 3. The maximum absolute atomic E-state index is 13.3. The molecule has 5 rings (SSSR count). The number of aromatic nitrogens is 2. The van der Waals surface area contributed by atoms with Crippen molar-refractivity contribution >= 4 is 15.7 Å². The van der Waals surface area contributed by atoms with Crippen LogP contribution < -0.4 is 0 Å². The number of sulfone groups is 1. The molecule has 1 amide bonds. The third-order valence-electron chi connectivity index (χ3n) is 6.94. The van der Waals surface area contributed by atoms with E-state index in [0.717, 1.165) is 16.8 Å². The molecule has 1 aromatic carbocycles. The second-order valence-corrected chi connectivity index (χ2v) is 11.3. The van der Waals surface area contributed by atoms with Crippen molar-refractivity contribution in [3.05, 3.63) is 41.1 Å². The van der Waals surface area contributed by atoms with Crippen LogP contribution in [0.1, 0.15) is 46.9 Å². The van der Waals surface area contributed by atoms with Crippen LogP contribution in [0.5, 0.6) is 0 Å². The van der Waals surface area contributed by atoms with Gasteiger partial charge in [-0.05, 0) is 43.5 Å². The van der Waals surface area contributed by atoms with Gasteiger partial charge in [0.05, 0.1) is 36.5 Å². The summed E-state index contributed by atoms with van der Waals surface area (Å²) in [6.07, 6.45) is 1.80. The van der Waals surface area contributed by atoms with Gasteiger partial charge in [-0.1, -0.05) is 12.1 Å². The molecule has 1 atom stereocenters. The Morgan fingerprint density at radius 2 is 1.81 bits per heavy atom. The molecule has 4 heterocycles. The molecule has 172 valence electrons. The molecule has 2 aromatic rings. The van der Waals surface area contributed by atoms with Gasteiger partial charge in [0.1, 0.15) is 0 Å². The molecule has 9 heteroatoms. The summed E-state index contributed by atoms with van der Waals surface area (Å²) in [5.74, 6) is -0.469. The Hall–Kier alpha value is -2.23. The molecule has 0 bridgehead atoms. The second-order valence-electron chi connectivity index (χ2n) is 9.12. The number of piperidine rings is 1. The Morgan fingerprint density at radius 3 is 2.44 bits per heavy atom. The number of benzene rings is 1. The van der Waals surface area contributed by atoms with Crippen LogP contribution in [0.3, 0.4) is 0 Å². The Morgan fingerprint density at radius 1 is 1.09 bits per heavy atom. The molecule has 3 saturated heterocycles. The first-order chi connectivity index (χ1) is 15.3. The van der Waals surface area contributed by atoms with Crippen molar-refractivity contribution in [2.75, 3.05) is 37.8 Å². The quantitative estimate of drug-likeness (QED) is 0.701. The lowest BCUT2D eigenvalue weighted by molar-refractivity contribution is -0.181. The number of hydrogen-bond acceptors (Lipinski definition) is 6. The van der Waals surface area contributed by atoms with Gasteiger partial charge in [0.15, 0.2) is 21.3 Å². The number of amides is 1. The van der Waals surface area contributed by atoms with E-state index in [1.165, 1.54) is 5.56 Å². The van der Waals surface area contributed by atoms with E-state index in [0.29, 0.717) is 51.3 Å². The maximum atomic E-state index is 13.3. The Kier molecular flexibility index (Phi) is 5.38. The van der Waals surface area contributed by atoms with Gasteiger partial charge < -0.3 is 14.4 Å². The van der Waals surface area contributed by atoms with E-state index in [1.54, 1.807) is 9.58 Å². The van der Waals surface area contributed by atoms with Crippen molar-refractivity contribution in [3.8, 4) is 11.3 Å². The number of likely N-dealkylation sites (tertiary alicyclic amines) is 1. The number of carbonyl (C=O) groups excluding carboxylic acids is 1. The van der Waals surface area contributed by atoms with Crippen molar-refractivity contribution in [2.45, 2.75) is 44.9 Å². The first kappa shape index (κ1) is 21.6. The summed E-state index contributed by atoms with van der Waals surface area (Å²) in [6, 6.07) is 7.67. The summed E-state index contributed by atoms with van der Waals surface area (Å²) in [5, 5.41) is 4.65. The minimum atomic E-state index is -3.09. The van der Waals surface area contributed by atoms with Crippen LogP contribution in [0.25, 0.3) is 11.3 Å². The van der Waals surface area contributed by atoms with Gasteiger partial charge in [-0.25, -0.2) is 8.42 Å². The molecule has 0 unspecified atom stereocenters. The number of hydrogen-bond donors (Lipinski definition) is 0. The van der Waals surface area contributed by atoms with E-state index < -0.39 is 15.6 Å². The number of nitrogens with zero attached hydrogens (tertiary/aromatic N) is 3. The molecule has 32 heavy (non-hydrogen) atoms. The fourth-order valence-corrected chi connectivity index (χ4v) is 6.55. The predicted octanol–water partition coefficient (Wildman–Crippen LogP) is 2.51. The molecule has 1 spiro atoms. The molecule has 0 aliphatic carbocycles. The molecule has 0 radical (unpaired) electrons. The van der Waals surface area contributed by atoms with Gasteiger partial charge in [0, 0.05) is 31.5 Å². The Labute approximate surface area is 188 Å². The van der Waals surface area contributed by atoms with Crippen LogP contribution in [0.2, 0.25) is 0 Å². The number of ether oxygens (including phenoxy) is 2. The lowest BCUT2D eigenvalue weighted by Crippen LogP contribution is -2.47. The largest absolute Gasteiger partial charge is 0.347 e. The fraction of sp³-hybridized carbons (Fsp3) is 0.565. The number of carbonyl (C=O) groups is 1. The number of aryl methyl sites for hydroxylation is 2. The first-order valence-corrected chi connectivity index (χ1v) is 13.0. The van der Waals surface area contributed by atoms with E-state index in [-0.39, 0.29) is 23.5 Å². The topological polar surface area (TPSA) is 90.7 Å². The average molecular weight is 460 g/mol. The highest BCUT2D eigenvalue weighted by molar-refractivity contribution is 7.91. The lowest BCUT2D eigenvalue weighted by Gasteiger charge is -2.37. The minimum Gasteiger partial charge on any atom is -0.347 e. The Bertz CT molecular complexity index is 1140. The zero-order chi connectivity index (χ0) is 22.5. The summed E-state index contributed by atoms with van der Waals surface area (Å²) in [5.41, 5.74) is 4.40. The highest BCUT2D eigenvalue weighted by Crippen LogP contribution is 2.34. The predicted molar refractivity (Wildman–Crippen MR) is 119 cm³/mol. The zero-order valence-electron chi connectivity index (χ0n) is 18.5. The summed E-state index contributed by atoms with van der Waals surface area (Å²) in [7, 11) is -3.09. The van der Waals surface area contributed by atoms with Crippen LogP contribution in [0, 0.1) is 13.8 Å². The Balaban J connectivity index is 1.45. The monoisotopic (exact) mass is 459 g/mol. The highest BCUT2D eigenvalue weighted by atomic mass is 32.2. The van der Waals surface area contributed by atoms with Crippen LogP contribution in [-0.4, -0.2) is 72.6 Å². The first-order valence-electron chi connectivity index (χ1n) is 11.2. The van der Waals surface area contributed by atoms with Crippen LogP contribution in [0.15, 0.2) is 24.3 Å². The standard InChI is InChI=1S/C23H29N3O5S/c1-16-3-4-18(13-17(16)2)21-14-20(24-26(21)19-5-12-32(28,29)15-19)22(27)25-8-6-23(7-9-25)30-10-11-31-23/h3-4,13-14,19H,5-12,15H2,1-2H3/t19-/m1/s1. The SMILES string of the molecule is Cc1ccc(-c2cc(C(=O)N3CCC4(CC3)OCCO4)nn2[C@@H]2CCS(=O)(=O)C2)cc1C. The highest BCUT2D eigenvalue weighted by Gasteiger charge is 2.41. The van der Waals surface area contributed by atoms with E-state index in [2.05, 4.69) is 18.1 Å². The van der Waals surface area contributed by atoms with E-state index in [1.807, 2.05) is 25.1 Å². The van der Waals surface area contributed by atoms with Gasteiger partial charge in [-0.15, -0.1) is 0 Å². The van der Waals surface area contributed by atoms with Gasteiger partial charge in [-0.2, -0.15) is 5.10 Å². The van der Waals surface area contributed by atoms with Gasteiger partial charge in [0.2, 0.25) is 0 Å². The molecule has 8 nitrogen and oxygen atoms in total. The molecule has 1 aromatic heterocycles. The lowest BCUT2D eigenvalue weighted by atomic mass is 10.0. The molecule has 0 saturated carbocycles. The molecule has 0 N–H and O–H groups in total. The van der Waals surface area contributed by atoms with Crippen molar-refractivity contribution in [2.24, 2.45) is 0 Å². The van der Waals surface area contributed by atoms with E-state index >= 15 is 0 Å². The van der Waals surface area contributed by atoms with Crippen LogP contribution in [-0.2, 0) is 19.3 Å². The van der Waals surface area contributed by atoms with Crippen LogP contribution >= 0.6 is 0 Å². The summed E-state index contributed by atoms with van der Waals surface area (Å²) in [6.45, 7) is 6.38. The molecular formula is C23H29N3O5S. The third kappa shape index (κ3) is 3.97. The van der Waals surface area contributed by atoms with E-state index in [4.69, 9.17) is 9.47 Å². The zero-order valence-corrected chi connectivity index (χ0v) is 19.4. The van der Waals surface area contributed by atoms with Crippen molar-refractivity contribution in [3.63, 3.8) is 0 Å². The molecule has 3 aliphatic heterocycles. The second kappa shape index (κ2) is 7.97. The van der Waals surface area contributed by atoms with Crippen LogP contribution in [0.4, 0.5) is 0 Å². The molecule has 3 aliphatic rings. The van der Waals surface area contributed by atoms with Gasteiger partial charge in [-0.3, -0.25) is 9.48 Å². The normalized spacial score (nSPS) is 24.3. The molecule has 3 fully saturated rings. The molecular weight excluding hydrogens is 430 g/mol. The maximum Gasteiger partial charge on any atom is 0.274 e. The third-order valence-corrected chi connectivity index (χ3v) is 8.69. The van der Waals surface area contributed by atoms with Gasteiger partial charge >= 0.3 is 0 Å². The minimum absolute atomic E-state index is 0.0566. The summed E-state index contributed by atoms with van der Waals surface area (Å²) >= 11 is 0. The fourth-order valence-electron chi connectivity index (χ4n) is 4.86.